The molecule has 1 amide bonds. The predicted molar refractivity (Wildman–Crippen MR) is 196 cm³/mol. The number of thiophene rings is 1. The zero-order valence-corrected chi connectivity index (χ0v) is 30.4. The van der Waals surface area contributed by atoms with E-state index in [2.05, 4.69) is 15.6 Å². The van der Waals surface area contributed by atoms with E-state index in [4.69, 9.17) is 36.5 Å². The molecule has 0 unspecified atom stereocenters. The lowest BCUT2D eigenvalue weighted by Gasteiger charge is -2.14. The first-order valence-corrected chi connectivity index (χ1v) is 18.8. The third-order valence-electron chi connectivity index (χ3n) is 7.30. The Bertz CT molecular complexity index is 2260. The second-order valence-electron chi connectivity index (χ2n) is 10.4. The van der Waals surface area contributed by atoms with Gasteiger partial charge in [-0.05, 0) is 48.9 Å². The Morgan fingerprint density at radius 1 is 0.898 bits per heavy atom. The number of nitrogens with two attached hydrogens (primary N) is 1. The molecule has 3 aromatic heterocycles. The highest BCUT2D eigenvalue weighted by atomic mass is 35.5. The number of nitrogens with one attached hydrogen (secondary N) is 2. The Morgan fingerprint density at radius 3 is 2.29 bits per heavy atom. The Balaban J connectivity index is 1.19. The molecule has 3 heterocycles. The van der Waals surface area contributed by atoms with Gasteiger partial charge in [-0.25, -0.2) is 18.4 Å². The smallest absolute Gasteiger partial charge is 0.266 e. The number of ether oxygens (including phenoxy) is 3. The van der Waals surface area contributed by atoms with E-state index in [1.54, 1.807) is 45.4 Å². The van der Waals surface area contributed by atoms with Crippen molar-refractivity contribution in [2.24, 2.45) is 0 Å². The van der Waals surface area contributed by atoms with E-state index in [1.807, 2.05) is 17.5 Å². The largest absolute Gasteiger partial charge is 0.493 e. The molecule has 3 aromatic carbocycles. The van der Waals surface area contributed by atoms with E-state index in [9.17, 15) is 13.2 Å². The molecule has 0 radical (unpaired) electrons. The van der Waals surface area contributed by atoms with Gasteiger partial charge in [0.15, 0.2) is 16.6 Å². The Morgan fingerprint density at radius 2 is 1.61 bits per heavy atom. The van der Waals surface area contributed by atoms with Crippen molar-refractivity contribution in [3.8, 4) is 38.4 Å². The fourth-order valence-electron chi connectivity index (χ4n) is 4.90. The van der Waals surface area contributed by atoms with Gasteiger partial charge in [0.25, 0.3) is 5.91 Å². The van der Waals surface area contributed by atoms with Crippen LogP contribution in [0.3, 0.4) is 0 Å². The van der Waals surface area contributed by atoms with E-state index in [0.717, 1.165) is 16.9 Å². The number of nitrogens with zero attached hydrogens (tertiary/aromatic N) is 2. The lowest BCUT2D eigenvalue weighted by molar-refractivity contribution is 0.103. The van der Waals surface area contributed by atoms with Gasteiger partial charge in [-0.15, -0.1) is 22.7 Å². The number of benzene rings is 3. The summed E-state index contributed by atoms with van der Waals surface area (Å²) < 4.78 is 42.8. The zero-order valence-electron chi connectivity index (χ0n) is 26.4. The molecule has 16 heteroatoms. The first kappa shape index (κ1) is 34.2. The highest BCUT2D eigenvalue weighted by Gasteiger charge is 2.26. The summed E-state index contributed by atoms with van der Waals surface area (Å²) in [5.41, 5.74) is 9.35. The molecule has 6 rings (SSSR count). The summed E-state index contributed by atoms with van der Waals surface area (Å²) >= 11 is 9.76. The van der Waals surface area contributed by atoms with Gasteiger partial charge in [-0.2, -0.15) is 0 Å². The summed E-state index contributed by atoms with van der Waals surface area (Å²) in [4.78, 5) is 23.8. The average molecular weight is 754 g/mol. The van der Waals surface area contributed by atoms with Crippen molar-refractivity contribution in [3.05, 3.63) is 86.9 Å². The molecule has 0 aliphatic rings. The van der Waals surface area contributed by atoms with E-state index in [-0.39, 0.29) is 9.79 Å². The molecule has 0 bridgehead atoms. The van der Waals surface area contributed by atoms with Crippen LogP contribution in [0.4, 0.5) is 22.3 Å². The Kier molecular flexibility index (Phi) is 9.81. The number of hydrogen-bond acceptors (Lipinski definition) is 13. The molecule has 0 aliphatic heterocycles. The second-order valence-corrected chi connectivity index (χ2v) is 15.4. The van der Waals surface area contributed by atoms with Crippen LogP contribution in [0.2, 0.25) is 5.02 Å². The van der Waals surface area contributed by atoms with Crippen molar-refractivity contribution >= 4 is 83.7 Å². The molecule has 0 atom stereocenters. The minimum Gasteiger partial charge on any atom is -0.493 e. The van der Waals surface area contributed by atoms with Crippen molar-refractivity contribution in [2.45, 2.75) is 16.7 Å². The van der Waals surface area contributed by atoms with E-state index >= 15 is 0 Å². The summed E-state index contributed by atoms with van der Waals surface area (Å²) in [5.74, 6) is 1.38. The van der Waals surface area contributed by atoms with Crippen LogP contribution in [0.1, 0.15) is 15.2 Å². The van der Waals surface area contributed by atoms with E-state index in [0.29, 0.717) is 70.6 Å². The van der Waals surface area contributed by atoms with Crippen molar-refractivity contribution in [1.82, 2.24) is 9.97 Å². The van der Waals surface area contributed by atoms with Gasteiger partial charge < -0.3 is 30.6 Å². The van der Waals surface area contributed by atoms with Gasteiger partial charge in [-0.3, -0.25) is 4.79 Å². The first-order chi connectivity index (χ1) is 23.5. The molecule has 252 valence electrons. The number of sulfone groups is 1. The number of nitrogen functional groups attached to an aromatic ring is 1. The van der Waals surface area contributed by atoms with Crippen LogP contribution in [0.25, 0.3) is 21.1 Å². The Hall–Kier alpha value is -4.67. The van der Waals surface area contributed by atoms with Crippen LogP contribution >= 0.6 is 45.6 Å². The number of anilines is 4. The van der Waals surface area contributed by atoms with Crippen molar-refractivity contribution in [2.75, 3.05) is 37.7 Å². The molecule has 11 nitrogen and oxygen atoms in total. The molecule has 49 heavy (non-hydrogen) atoms. The summed E-state index contributed by atoms with van der Waals surface area (Å²) in [5, 5.41) is 11.2. The van der Waals surface area contributed by atoms with Crippen molar-refractivity contribution in [3.63, 3.8) is 0 Å². The third kappa shape index (κ3) is 6.93. The quantitative estimate of drug-likeness (QED) is 0.118. The SMILES string of the molecule is COc1cc(Nc2nc(N)c(-c3nc(-c4cccc(NC(=O)c5scc(S(=O)(=O)c6ccc(Cl)cc6)c5C)c4)cs3)s2)cc(OC)c1OC. The van der Waals surface area contributed by atoms with E-state index in [1.165, 1.54) is 59.4 Å². The molecule has 0 aliphatic carbocycles. The highest BCUT2D eigenvalue weighted by Crippen LogP contribution is 2.43. The van der Waals surface area contributed by atoms with Crippen LogP contribution in [-0.2, 0) is 9.84 Å². The van der Waals surface area contributed by atoms with Gasteiger partial charge in [0.1, 0.15) is 15.7 Å². The normalized spacial score (nSPS) is 11.3. The fraction of sp³-hybridized carbons (Fsp3) is 0.121. The Labute approximate surface area is 299 Å². The molecule has 0 saturated carbocycles. The van der Waals surface area contributed by atoms with Gasteiger partial charge in [0.2, 0.25) is 15.6 Å². The summed E-state index contributed by atoms with van der Waals surface area (Å²) in [6.45, 7) is 1.62. The minimum absolute atomic E-state index is 0.0814. The molecule has 0 saturated heterocycles. The average Bonchev–Trinajstić information content (AvgIpc) is 3.83. The maximum Gasteiger partial charge on any atom is 0.266 e. The lowest BCUT2D eigenvalue weighted by atomic mass is 10.1. The van der Waals surface area contributed by atoms with Gasteiger partial charge >= 0.3 is 0 Å². The topological polar surface area (TPSA) is 155 Å². The number of hydrogen-bond donors (Lipinski definition) is 3. The lowest BCUT2D eigenvalue weighted by Crippen LogP contribution is -2.12. The third-order valence-corrected chi connectivity index (χ3v) is 12.7. The second kappa shape index (κ2) is 14.1. The molecule has 4 N–H and O–H groups in total. The number of methoxy groups -OCH3 is 3. The number of thiazole rings is 2. The summed E-state index contributed by atoms with van der Waals surface area (Å²) in [7, 11) is 0.802. The number of halogens is 1. The number of aromatic nitrogens is 2. The highest BCUT2D eigenvalue weighted by molar-refractivity contribution is 7.91. The molecule has 0 spiro atoms. The molecular formula is C33H28ClN5O6S4. The number of rotatable bonds is 11. The number of carbonyl (C=O) groups is 1. The number of carbonyl (C=O) groups excluding carboxylic acids is 1. The van der Waals surface area contributed by atoms with Gasteiger partial charge in [0, 0.05) is 44.9 Å². The van der Waals surface area contributed by atoms with Gasteiger partial charge in [0.05, 0.1) is 41.7 Å². The summed E-state index contributed by atoms with van der Waals surface area (Å²) in [6, 6.07) is 16.7. The monoisotopic (exact) mass is 753 g/mol. The van der Waals surface area contributed by atoms with Crippen LogP contribution in [0.15, 0.2) is 81.2 Å². The van der Waals surface area contributed by atoms with Crippen LogP contribution in [-0.4, -0.2) is 45.6 Å². The minimum atomic E-state index is -3.83. The maximum absolute atomic E-state index is 13.3. The fourth-order valence-corrected chi connectivity index (χ4v) is 9.68. The molecular weight excluding hydrogens is 726 g/mol. The molecule has 0 fully saturated rings. The summed E-state index contributed by atoms with van der Waals surface area (Å²) in [6.07, 6.45) is 0. The zero-order chi connectivity index (χ0) is 34.9. The molecule has 6 aromatic rings. The number of amides is 1. The first-order valence-electron chi connectivity index (χ1n) is 14.3. The van der Waals surface area contributed by atoms with Crippen LogP contribution < -0.4 is 30.6 Å². The van der Waals surface area contributed by atoms with E-state index < -0.39 is 15.7 Å². The standard InChI is InChI=1S/C33H28ClN5O6S4/c1-17-26(49(41,42)22-10-8-19(34)9-11-22)16-46-28(17)31(40)36-20-7-5-6-18(12-20)23-15-47-32(38-23)29-30(35)39-33(48-29)37-21-13-24(43-2)27(45-4)25(14-21)44-3/h5-16H,35H2,1-4H3,(H,36,40)(H,37,39). The van der Waals surface area contributed by atoms with Gasteiger partial charge in [-0.1, -0.05) is 35.1 Å². The van der Waals surface area contributed by atoms with Crippen LogP contribution in [0.5, 0.6) is 17.2 Å². The van der Waals surface area contributed by atoms with Crippen molar-refractivity contribution < 1.29 is 27.4 Å². The van der Waals surface area contributed by atoms with Crippen LogP contribution in [0, 0.1) is 6.92 Å². The van der Waals surface area contributed by atoms with Crippen molar-refractivity contribution in [1.29, 1.82) is 0 Å². The maximum atomic E-state index is 13.3. The predicted octanol–water partition coefficient (Wildman–Crippen LogP) is 8.39.